The molecule has 1 fully saturated rings. The normalized spacial score (nSPS) is 16.5. The van der Waals surface area contributed by atoms with Crippen LogP contribution in [0.4, 0.5) is 10.6 Å². The van der Waals surface area contributed by atoms with Gasteiger partial charge in [0.25, 0.3) is 0 Å². The minimum atomic E-state index is -0.0776. The number of aromatic nitrogens is 2. The molecule has 25 heavy (non-hydrogen) atoms. The van der Waals surface area contributed by atoms with Gasteiger partial charge in [-0.25, -0.2) is 9.78 Å². The molecule has 132 valence electrons. The van der Waals surface area contributed by atoms with Crippen LogP contribution in [0.25, 0.3) is 0 Å². The highest BCUT2D eigenvalue weighted by Crippen LogP contribution is 2.21. The molecule has 0 aliphatic carbocycles. The highest BCUT2D eigenvalue weighted by atomic mass is 16.2. The number of nitrogens with zero attached hydrogens (tertiary/aromatic N) is 4. The monoisotopic (exact) mass is 339 g/mol. The molecule has 3 heterocycles. The number of rotatable bonds is 3. The first kappa shape index (κ1) is 17.4. The standard InChI is InChI=1S/C19H25N5O/c1-14-11-15(2)21-18(12-14)22-19(25)24-9-7-23(8-10-24)16(3)17-5-4-6-20-13-17/h4-6,11-13,16H,7-10H2,1-3H3,(H,21,22,25)/t16-/m1/s1. The van der Waals surface area contributed by atoms with Gasteiger partial charge in [0.05, 0.1) is 0 Å². The van der Waals surface area contributed by atoms with Crippen molar-refractivity contribution in [2.45, 2.75) is 26.8 Å². The lowest BCUT2D eigenvalue weighted by Crippen LogP contribution is -2.50. The summed E-state index contributed by atoms with van der Waals surface area (Å²) in [5, 5.41) is 2.92. The van der Waals surface area contributed by atoms with Crippen LogP contribution in [0.1, 0.15) is 29.8 Å². The minimum Gasteiger partial charge on any atom is -0.322 e. The fourth-order valence-electron chi connectivity index (χ4n) is 3.24. The number of hydrogen-bond acceptors (Lipinski definition) is 4. The molecule has 0 aromatic carbocycles. The Morgan fingerprint density at radius 3 is 2.60 bits per heavy atom. The van der Waals surface area contributed by atoms with Crippen LogP contribution in [-0.2, 0) is 0 Å². The van der Waals surface area contributed by atoms with Crippen molar-refractivity contribution >= 4 is 11.8 Å². The zero-order valence-electron chi connectivity index (χ0n) is 15.1. The predicted octanol–water partition coefficient (Wildman–Crippen LogP) is 3.00. The third-order valence-corrected chi connectivity index (χ3v) is 4.65. The Morgan fingerprint density at radius 2 is 1.96 bits per heavy atom. The molecular formula is C19H25N5O. The fourth-order valence-corrected chi connectivity index (χ4v) is 3.24. The molecule has 6 nitrogen and oxygen atoms in total. The first-order chi connectivity index (χ1) is 12.0. The lowest BCUT2D eigenvalue weighted by Gasteiger charge is -2.38. The van der Waals surface area contributed by atoms with Crippen LogP contribution in [0.15, 0.2) is 36.7 Å². The van der Waals surface area contributed by atoms with Crippen molar-refractivity contribution in [3.05, 3.63) is 53.5 Å². The number of piperazine rings is 1. The summed E-state index contributed by atoms with van der Waals surface area (Å²) in [5.41, 5.74) is 3.21. The summed E-state index contributed by atoms with van der Waals surface area (Å²) in [4.78, 5) is 25.3. The van der Waals surface area contributed by atoms with Crippen LogP contribution in [-0.4, -0.2) is 52.0 Å². The van der Waals surface area contributed by atoms with Gasteiger partial charge in [0.15, 0.2) is 0 Å². The molecule has 2 aromatic rings. The minimum absolute atomic E-state index is 0.0776. The Balaban J connectivity index is 1.55. The zero-order valence-corrected chi connectivity index (χ0v) is 15.1. The summed E-state index contributed by atoms with van der Waals surface area (Å²) in [6.45, 7) is 9.24. The van der Waals surface area contributed by atoms with Gasteiger partial charge in [-0.1, -0.05) is 6.07 Å². The van der Waals surface area contributed by atoms with Crippen LogP contribution in [0, 0.1) is 13.8 Å². The third-order valence-electron chi connectivity index (χ3n) is 4.65. The van der Waals surface area contributed by atoms with E-state index in [1.807, 2.05) is 43.1 Å². The van der Waals surface area contributed by atoms with Crippen molar-refractivity contribution < 1.29 is 4.79 Å². The average Bonchev–Trinajstić information content (AvgIpc) is 2.61. The van der Waals surface area contributed by atoms with Gasteiger partial charge in [-0.15, -0.1) is 0 Å². The number of anilines is 1. The van der Waals surface area contributed by atoms with E-state index in [0.717, 1.165) is 24.3 Å². The number of pyridine rings is 2. The zero-order chi connectivity index (χ0) is 17.8. The quantitative estimate of drug-likeness (QED) is 0.934. The molecular weight excluding hydrogens is 314 g/mol. The van der Waals surface area contributed by atoms with E-state index in [9.17, 15) is 4.79 Å². The van der Waals surface area contributed by atoms with E-state index < -0.39 is 0 Å². The number of hydrogen-bond donors (Lipinski definition) is 1. The Hall–Kier alpha value is -2.47. The predicted molar refractivity (Wildman–Crippen MR) is 98.5 cm³/mol. The molecule has 1 atom stereocenters. The molecule has 0 bridgehead atoms. The summed E-state index contributed by atoms with van der Waals surface area (Å²) in [6.07, 6.45) is 3.70. The number of amides is 2. The molecule has 1 N–H and O–H groups in total. The summed E-state index contributed by atoms with van der Waals surface area (Å²) in [5.74, 6) is 0.619. The van der Waals surface area contributed by atoms with Gasteiger partial charge in [0.1, 0.15) is 5.82 Å². The molecule has 0 spiro atoms. The first-order valence-corrected chi connectivity index (χ1v) is 8.68. The van der Waals surface area contributed by atoms with Crippen LogP contribution in [0.5, 0.6) is 0 Å². The van der Waals surface area contributed by atoms with Crippen molar-refractivity contribution in [1.29, 1.82) is 0 Å². The van der Waals surface area contributed by atoms with Crippen molar-refractivity contribution in [3.8, 4) is 0 Å². The molecule has 0 unspecified atom stereocenters. The Morgan fingerprint density at radius 1 is 1.20 bits per heavy atom. The lowest BCUT2D eigenvalue weighted by molar-refractivity contribution is 0.119. The topological polar surface area (TPSA) is 61.4 Å². The first-order valence-electron chi connectivity index (χ1n) is 8.68. The molecule has 0 saturated carbocycles. The Bertz CT molecular complexity index is 706. The molecule has 2 aromatic heterocycles. The highest BCUT2D eigenvalue weighted by Gasteiger charge is 2.25. The van der Waals surface area contributed by atoms with Gasteiger partial charge in [0, 0.05) is 50.3 Å². The van der Waals surface area contributed by atoms with Gasteiger partial charge in [-0.05, 0) is 50.1 Å². The fraction of sp³-hybridized carbons (Fsp3) is 0.421. The summed E-state index contributed by atoms with van der Waals surface area (Å²) in [6, 6.07) is 8.18. The maximum absolute atomic E-state index is 12.5. The van der Waals surface area contributed by atoms with Crippen LogP contribution in [0.2, 0.25) is 0 Å². The summed E-state index contributed by atoms with van der Waals surface area (Å²) in [7, 11) is 0. The van der Waals surface area contributed by atoms with E-state index >= 15 is 0 Å². The maximum atomic E-state index is 12.5. The Kier molecular flexibility index (Phi) is 5.28. The van der Waals surface area contributed by atoms with Crippen LogP contribution >= 0.6 is 0 Å². The SMILES string of the molecule is Cc1cc(C)nc(NC(=O)N2CCN([C@H](C)c3cccnc3)CC2)c1. The van der Waals surface area contributed by atoms with Crippen molar-refractivity contribution in [3.63, 3.8) is 0 Å². The smallest absolute Gasteiger partial charge is 0.322 e. The van der Waals surface area contributed by atoms with E-state index in [4.69, 9.17) is 0 Å². The molecule has 1 aliphatic rings. The number of nitrogens with one attached hydrogen (secondary N) is 1. The third kappa shape index (κ3) is 4.33. The number of carbonyl (C=O) groups is 1. The van der Waals surface area contributed by atoms with Crippen molar-refractivity contribution in [2.75, 3.05) is 31.5 Å². The second-order valence-corrected chi connectivity index (χ2v) is 6.59. The summed E-state index contributed by atoms with van der Waals surface area (Å²) < 4.78 is 0. The molecule has 2 amide bonds. The maximum Gasteiger partial charge on any atom is 0.323 e. The number of aryl methyl sites for hydroxylation is 2. The van der Waals surface area contributed by atoms with Crippen LogP contribution in [0.3, 0.4) is 0 Å². The molecule has 0 radical (unpaired) electrons. The molecule has 1 aliphatic heterocycles. The summed E-state index contributed by atoms with van der Waals surface area (Å²) >= 11 is 0. The van der Waals surface area contributed by atoms with E-state index in [1.165, 1.54) is 5.56 Å². The van der Waals surface area contributed by atoms with Crippen molar-refractivity contribution in [2.24, 2.45) is 0 Å². The van der Waals surface area contributed by atoms with Crippen molar-refractivity contribution in [1.82, 2.24) is 19.8 Å². The van der Waals surface area contributed by atoms with Gasteiger partial charge in [-0.3, -0.25) is 15.2 Å². The lowest BCUT2D eigenvalue weighted by atomic mass is 10.1. The number of urea groups is 1. The second kappa shape index (κ2) is 7.61. The van der Waals surface area contributed by atoms with Gasteiger partial charge >= 0.3 is 6.03 Å². The Labute approximate surface area is 148 Å². The largest absolute Gasteiger partial charge is 0.323 e. The van der Waals surface area contributed by atoms with E-state index in [2.05, 4.69) is 33.2 Å². The van der Waals surface area contributed by atoms with Crippen LogP contribution < -0.4 is 5.32 Å². The van der Waals surface area contributed by atoms with E-state index in [0.29, 0.717) is 24.9 Å². The van der Waals surface area contributed by atoms with Gasteiger partial charge < -0.3 is 4.90 Å². The van der Waals surface area contributed by atoms with Gasteiger partial charge in [-0.2, -0.15) is 0 Å². The van der Waals surface area contributed by atoms with E-state index in [1.54, 1.807) is 6.20 Å². The molecule has 3 rings (SSSR count). The number of carbonyl (C=O) groups excluding carboxylic acids is 1. The highest BCUT2D eigenvalue weighted by molar-refractivity contribution is 5.88. The molecule has 6 heteroatoms. The second-order valence-electron chi connectivity index (χ2n) is 6.59. The van der Waals surface area contributed by atoms with Gasteiger partial charge in [0.2, 0.25) is 0 Å². The molecule has 1 saturated heterocycles. The average molecular weight is 339 g/mol. The van der Waals surface area contributed by atoms with E-state index in [-0.39, 0.29) is 6.03 Å².